The summed E-state index contributed by atoms with van der Waals surface area (Å²) in [7, 11) is 0. The van der Waals surface area contributed by atoms with E-state index in [1.807, 2.05) is 12.1 Å². The molecule has 1 aliphatic heterocycles. The quantitative estimate of drug-likeness (QED) is 0.667. The van der Waals surface area contributed by atoms with Gasteiger partial charge in [0.2, 0.25) is 0 Å². The molecular formula is C17H21N5S. The number of anilines is 1. The summed E-state index contributed by atoms with van der Waals surface area (Å²) in [6.07, 6.45) is 6.43. The first-order valence-corrected chi connectivity index (χ1v) is 8.37. The molecule has 0 atom stereocenters. The van der Waals surface area contributed by atoms with Crippen LogP contribution in [0.2, 0.25) is 0 Å². The maximum Gasteiger partial charge on any atom is 0.171 e. The Balaban J connectivity index is 1.81. The lowest BCUT2D eigenvalue weighted by Crippen LogP contribution is -2.28. The summed E-state index contributed by atoms with van der Waals surface area (Å²) < 4.78 is 2.25. The van der Waals surface area contributed by atoms with Gasteiger partial charge < -0.3 is 15.2 Å². The molecule has 0 bridgehead atoms. The molecule has 0 saturated carbocycles. The normalized spacial score (nSPS) is 13.7. The van der Waals surface area contributed by atoms with Crippen LogP contribution >= 0.6 is 12.2 Å². The second kappa shape index (κ2) is 7.37. The van der Waals surface area contributed by atoms with Crippen molar-refractivity contribution in [1.82, 2.24) is 20.1 Å². The lowest BCUT2D eigenvalue weighted by molar-refractivity contribution is 0.636. The van der Waals surface area contributed by atoms with Gasteiger partial charge in [0, 0.05) is 30.8 Å². The summed E-state index contributed by atoms with van der Waals surface area (Å²) >= 11 is 5.26. The van der Waals surface area contributed by atoms with E-state index in [1.54, 1.807) is 6.08 Å². The fraction of sp³-hybridized carbons (Fsp3) is 0.353. The number of fused-ring (bicyclic) bond motifs is 1. The average molecular weight is 327 g/mol. The minimum Gasteiger partial charge on any atom is -0.359 e. The van der Waals surface area contributed by atoms with Gasteiger partial charge in [-0.2, -0.15) is 0 Å². The van der Waals surface area contributed by atoms with Crippen LogP contribution in [0, 0.1) is 0 Å². The van der Waals surface area contributed by atoms with Gasteiger partial charge in [-0.15, -0.1) is 16.8 Å². The second-order valence-electron chi connectivity index (χ2n) is 5.61. The Kier molecular flexibility index (Phi) is 5.02. The molecule has 1 aliphatic rings. The van der Waals surface area contributed by atoms with Crippen molar-refractivity contribution in [2.24, 2.45) is 0 Å². The third-order valence-corrected chi connectivity index (χ3v) is 4.14. The van der Waals surface area contributed by atoms with Crippen LogP contribution in [0.15, 0.2) is 36.9 Å². The Bertz CT molecular complexity index is 707. The maximum absolute atomic E-state index is 5.26. The van der Waals surface area contributed by atoms with Gasteiger partial charge >= 0.3 is 0 Å². The lowest BCUT2D eigenvalue weighted by Gasteiger charge is -2.11. The summed E-state index contributed by atoms with van der Waals surface area (Å²) in [6, 6.07) is 8.12. The Labute approximate surface area is 141 Å². The van der Waals surface area contributed by atoms with Gasteiger partial charge in [0.1, 0.15) is 5.82 Å². The highest BCUT2D eigenvalue weighted by Gasteiger charge is 2.16. The van der Waals surface area contributed by atoms with Gasteiger partial charge in [0.25, 0.3) is 0 Å². The topological polar surface area (TPSA) is 54.8 Å². The monoisotopic (exact) mass is 327 g/mol. The van der Waals surface area contributed by atoms with E-state index in [4.69, 9.17) is 12.2 Å². The zero-order valence-corrected chi connectivity index (χ0v) is 13.9. The van der Waals surface area contributed by atoms with Crippen LogP contribution in [0.25, 0.3) is 11.4 Å². The van der Waals surface area contributed by atoms with E-state index in [-0.39, 0.29) is 0 Å². The summed E-state index contributed by atoms with van der Waals surface area (Å²) in [5.41, 5.74) is 2.00. The highest BCUT2D eigenvalue weighted by Crippen LogP contribution is 2.24. The Morgan fingerprint density at radius 1 is 1.30 bits per heavy atom. The number of nitrogens with zero attached hydrogens (tertiary/aromatic N) is 3. The van der Waals surface area contributed by atoms with Crippen molar-refractivity contribution < 1.29 is 0 Å². The van der Waals surface area contributed by atoms with Crippen molar-refractivity contribution in [2.45, 2.75) is 32.2 Å². The van der Waals surface area contributed by atoms with Crippen LogP contribution in [-0.2, 0) is 13.0 Å². The van der Waals surface area contributed by atoms with Crippen LogP contribution in [0.4, 0.5) is 5.69 Å². The minimum absolute atomic E-state index is 0.585. The molecule has 120 valence electrons. The molecule has 2 aromatic rings. The molecule has 0 aliphatic carbocycles. The highest BCUT2D eigenvalue weighted by atomic mass is 32.1. The number of rotatable bonds is 4. The molecule has 2 heterocycles. The van der Waals surface area contributed by atoms with Gasteiger partial charge in [-0.05, 0) is 37.2 Å². The third-order valence-electron chi connectivity index (χ3n) is 3.90. The van der Waals surface area contributed by atoms with Crippen molar-refractivity contribution in [3.05, 3.63) is 42.7 Å². The van der Waals surface area contributed by atoms with Crippen molar-refractivity contribution in [1.29, 1.82) is 0 Å². The van der Waals surface area contributed by atoms with Crippen molar-refractivity contribution >= 4 is 23.0 Å². The predicted octanol–water partition coefficient (Wildman–Crippen LogP) is 3.14. The number of benzene rings is 1. The van der Waals surface area contributed by atoms with Gasteiger partial charge in [0.05, 0.1) is 0 Å². The zero-order chi connectivity index (χ0) is 16.1. The molecule has 1 aromatic carbocycles. The molecule has 2 N–H and O–H groups in total. The Morgan fingerprint density at radius 2 is 2.22 bits per heavy atom. The van der Waals surface area contributed by atoms with E-state index in [0.717, 1.165) is 35.9 Å². The van der Waals surface area contributed by atoms with Crippen molar-refractivity contribution in [2.75, 3.05) is 11.9 Å². The molecule has 5 nitrogen and oxygen atoms in total. The van der Waals surface area contributed by atoms with Crippen LogP contribution < -0.4 is 10.6 Å². The number of hydrogen-bond donors (Lipinski definition) is 2. The number of hydrogen-bond acceptors (Lipinski definition) is 3. The summed E-state index contributed by atoms with van der Waals surface area (Å²) in [5, 5.41) is 15.6. The molecule has 23 heavy (non-hydrogen) atoms. The first-order valence-electron chi connectivity index (χ1n) is 7.96. The first kappa shape index (κ1) is 15.7. The Hall–Kier alpha value is -2.21. The van der Waals surface area contributed by atoms with E-state index in [1.165, 1.54) is 19.3 Å². The fourth-order valence-electron chi connectivity index (χ4n) is 2.77. The predicted molar refractivity (Wildman–Crippen MR) is 97.4 cm³/mol. The lowest BCUT2D eigenvalue weighted by atomic mass is 10.2. The van der Waals surface area contributed by atoms with Crippen molar-refractivity contribution in [3.8, 4) is 11.4 Å². The standard InChI is InChI=1S/C17H21N5S/c1-2-10-18-17(23)19-14-8-6-7-13(12-14)16-21-20-15-9-4-3-5-11-22(15)16/h2,6-8,12H,1,3-5,9-11H2,(H2,18,19,23). The summed E-state index contributed by atoms with van der Waals surface area (Å²) in [4.78, 5) is 0. The summed E-state index contributed by atoms with van der Waals surface area (Å²) in [6.45, 7) is 5.30. The number of aryl methyl sites for hydroxylation is 1. The van der Waals surface area contributed by atoms with Crippen LogP contribution in [-0.4, -0.2) is 26.4 Å². The number of nitrogens with one attached hydrogen (secondary N) is 2. The third kappa shape index (κ3) is 3.76. The number of thiocarbonyl (C=S) groups is 1. The molecular weight excluding hydrogens is 306 g/mol. The zero-order valence-electron chi connectivity index (χ0n) is 13.1. The molecule has 0 amide bonds. The molecule has 1 aromatic heterocycles. The fourth-order valence-corrected chi connectivity index (χ4v) is 2.98. The molecule has 0 spiro atoms. The highest BCUT2D eigenvalue weighted by molar-refractivity contribution is 7.80. The van der Waals surface area contributed by atoms with Gasteiger partial charge in [-0.25, -0.2) is 0 Å². The summed E-state index contributed by atoms with van der Waals surface area (Å²) in [5.74, 6) is 2.04. The van der Waals surface area contributed by atoms with Crippen LogP contribution in [0.3, 0.4) is 0 Å². The van der Waals surface area contributed by atoms with Crippen LogP contribution in [0.5, 0.6) is 0 Å². The molecule has 0 unspecified atom stereocenters. The SMILES string of the molecule is C=CCNC(=S)Nc1cccc(-c2nnc3n2CCCCC3)c1. The Morgan fingerprint density at radius 3 is 3.09 bits per heavy atom. The molecule has 6 heteroatoms. The first-order chi connectivity index (χ1) is 11.3. The average Bonchev–Trinajstić information content (AvgIpc) is 2.82. The molecule has 3 rings (SSSR count). The van der Waals surface area contributed by atoms with E-state index in [9.17, 15) is 0 Å². The largest absolute Gasteiger partial charge is 0.359 e. The molecule has 0 fully saturated rings. The van der Waals surface area contributed by atoms with Gasteiger partial charge in [-0.1, -0.05) is 24.6 Å². The number of aromatic nitrogens is 3. The van der Waals surface area contributed by atoms with Crippen LogP contribution in [0.1, 0.15) is 25.1 Å². The smallest absolute Gasteiger partial charge is 0.171 e. The maximum atomic E-state index is 5.26. The van der Waals surface area contributed by atoms with Crippen molar-refractivity contribution in [3.63, 3.8) is 0 Å². The molecule has 0 saturated heterocycles. The second-order valence-corrected chi connectivity index (χ2v) is 6.01. The van der Waals surface area contributed by atoms with Gasteiger partial charge in [-0.3, -0.25) is 0 Å². The van der Waals surface area contributed by atoms with E-state index in [0.29, 0.717) is 11.7 Å². The minimum atomic E-state index is 0.585. The van der Waals surface area contributed by atoms with E-state index < -0.39 is 0 Å². The van der Waals surface area contributed by atoms with E-state index >= 15 is 0 Å². The van der Waals surface area contributed by atoms with E-state index in [2.05, 4.69) is 44.1 Å². The van der Waals surface area contributed by atoms with Gasteiger partial charge in [0.15, 0.2) is 10.9 Å². The molecule has 0 radical (unpaired) electrons.